The van der Waals surface area contributed by atoms with E-state index in [-0.39, 0.29) is 23.7 Å². The summed E-state index contributed by atoms with van der Waals surface area (Å²) in [7, 11) is 0. The number of hydrogen-bond acceptors (Lipinski definition) is 5. The highest BCUT2D eigenvalue weighted by molar-refractivity contribution is 5.91. The predicted octanol–water partition coefficient (Wildman–Crippen LogP) is 0.829. The van der Waals surface area contributed by atoms with Gasteiger partial charge in [0.15, 0.2) is 0 Å². The third kappa shape index (κ3) is 1.96. The molecule has 0 aromatic carbocycles. The lowest BCUT2D eigenvalue weighted by atomic mass is 10.3. The van der Waals surface area contributed by atoms with Crippen molar-refractivity contribution < 1.29 is 9.32 Å². The summed E-state index contributed by atoms with van der Waals surface area (Å²) in [5.74, 6) is -0.103. The Morgan fingerprint density at radius 3 is 3.11 bits per heavy atom. The molecule has 90 valence electrons. The van der Waals surface area contributed by atoms with Gasteiger partial charge in [-0.05, 0) is 18.9 Å². The van der Waals surface area contributed by atoms with Gasteiger partial charge in [0.25, 0.3) is 17.6 Å². The number of H-pyrrole nitrogens is 1. The Morgan fingerprint density at radius 1 is 1.61 bits per heavy atom. The first-order valence-electron chi connectivity index (χ1n) is 5.50. The van der Waals surface area contributed by atoms with Gasteiger partial charge >= 0.3 is 0 Å². The van der Waals surface area contributed by atoms with Crippen molar-refractivity contribution in [1.29, 1.82) is 5.26 Å². The van der Waals surface area contributed by atoms with Crippen LogP contribution in [0.15, 0.2) is 16.8 Å². The molecule has 2 aromatic rings. The first-order chi connectivity index (χ1) is 8.76. The molecule has 1 saturated carbocycles. The summed E-state index contributed by atoms with van der Waals surface area (Å²) in [5, 5.41) is 15.1. The molecule has 2 aromatic heterocycles. The van der Waals surface area contributed by atoms with Crippen molar-refractivity contribution in [3.8, 4) is 17.5 Å². The molecule has 1 aliphatic carbocycles. The number of carbonyl (C=O) groups excluding carboxylic acids is 1. The first-order valence-corrected chi connectivity index (χ1v) is 5.50. The first kappa shape index (κ1) is 10.5. The maximum Gasteiger partial charge on any atom is 0.292 e. The van der Waals surface area contributed by atoms with E-state index in [9.17, 15) is 4.79 Å². The van der Waals surface area contributed by atoms with Gasteiger partial charge < -0.3 is 14.8 Å². The number of nitrogens with one attached hydrogen (secondary N) is 2. The quantitative estimate of drug-likeness (QED) is 0.830. The number of amides is 1. The van der Waals surface area contributed by atoms with Crippen LogP contribution in [0.1, 0.15) is 29.2 Å². The maximum absolute atomic E-state index is 11.6. The lowest BCUT2D eigenvalue weighted by Crippen LogP contribution is -2.26. The molecule has 0 spiro atoms. The highest BCUT2D eigenvalue weighted by Gasteiger charge is 2.26. The van der Waals surface area contributed by atoms with Crippen LogP contribution in [0, 0.1) is 11.3 Å². The third-order valence-electron chi connectivity index (χ3n) is 2.59. The van der Waals surface area contributed by atoms with Gasteiger partial charge in [-0.2, -0.15) is 10.2 Å². The number of aromatic amines is 1. The SMILES string of the molecule is N#Cc1cc(-c2nc(C(=O)NC3CC3)no2)c[nH]1. The van der Waals surface area contributed by atoms with E-state index in [0.29, 0.717) is 11.3 Å². The van der Waals surface area contributed by atoms with E-state index < -0.39 is 0 Å². The van der Waals surface area contributed by atoms with Gasteiger partial charge in [-0.15, -0.1) is 0 Å². The Morgan fingerprint density at radius 2 is 2.44 bits per heavy atom. The molecule has 3 rings (SSSR count). The smallest absolute Gasteiger partial charge is 0.292 e. The van der Waals surface area contributed by atoms with Crippen LogP contribution in [-0.2, 0) is 0 Å². The molecule has 7 heteroatoms. The Kier molecular flexibility index (Phi) is 2.34. The summed E-state index contributed by atoms with van der Waals surface area (Å²) in [6.07, 6.45) is 3.58. The zero-order valence-corrected chi connectivity index (χ0v) is 9.30. The monoisotopic (exact) mass is 243 g/mol. The molecule has 1 aliphatic rings. The Labute approximate surface area is 102 Å². The molecule has 0 unspecified atom stereocenters. The van der Waals surface area contributed by atoms with Crippen molar-refractivity contribution >= 4 is 5.91 Å². The van der Waals surface area contributed by atoms with E-state index in [1.807, 2.05) is 6.07 Å². The number of hydrogen-bond donors (Lipinski definition) is 2. The highest BCUT2D eigenvalue weighted by Crippen LogP contribution is 2.20. The molecule has 7 nitrogen and oxygen atoms in total. The van der Waals surface area contributed by atoms with Crippen LogP contribution in [0.5, 0.6) is 0 Å². The molecule has 1 amide bonds. The van der Waals surface area contributed by atoms with Gasteiger partial charge in [0.05, 0.1) is 5.56 Å². The van der Waals surface area contributed by atoms with Crippen molar-refractivity contribution in [1.82, 2.24) is 20.4 Å². The topological polar surface area (TPSA) is 108 Å². The van der Waals surface area contributed by atoms with Gasteiger partial charge in [0, 0.05) is 12.2 Å². The Hall–Kier alpha value is -2.62. The molecule has 0 aliphatic heterocycles. The second-order valence-electron chi connectivity index (χ2n) is 4.08. The van der Waals surface area contributed by atoms with Crippen LogP contribution >= 0.6 is 0 Å². The molecule has 2 heterocycles. The molecule has 2 N–H and O–H groups in total. The standard InChI is InChI=1S/C11H9N5O2/c12-4-8-3-6(5-13-8)11-15-9(16-18-11)10(17)14-7-1-2-7/h3,5,7,13H,1-2H2,(H,14,17). The minimum absolute atomic E-state index is 0.0107. The molecule has 0 saturated heterocycles. The molecular weight excluding hydrogens is 234 g/mol. The maximum atomic E-state index is 11.6. The fraction of sp³-hybridized carbons (Fsp3) is 0.273. The summed E-state index contributed by atoms with van der Waals surface area (Å²) in [6.45, 7) is 0. The highest BCUT2D eigenvalue weighted by atomic mass is 16.5. The zero-order chi connectivity index (χ0) is 12.5. The minimum Gasteiger partial charge on any atom is -0.352 e. The van der Waals surface area contributed by atoms with Crippen LogP contribution in [0.3, 0.4) is 0 Å². The largest absolute Gasteiger partial charge is 0.352 e. The normalized spacial score (nSPS) is 14.2. The molecule has 0 atom stereocenters. The molecule has 0 radical (unpaired) electrons. The van der Waals surface area contributed by atoms with Gasteiger partial charge in [0.1, 0.15) is 11.8 Å². The molecular formula is C11H9N5O2. The van der Waals surface area contributed by atoms with Crippen LogP contribution in [0.25, 0.3) is 11.5 Å². The van der Waals surface area contributed by atoms with Crippen molar-refractivity contribution in [3.05, 3.63) is 23.8 Å². The van der Waals surface area contributed by atoms with Crippen molar-refractivity contribution in [2.24, 2.45) is 0 Å². The number of carbonyl (C=O) groups is 1. The second kappa shape index (κ2) is 4.00. The molecule has 18 heavy (non-hydrogen) atoms. The lowest BCUT2D eigenvalue weighted by Gasteiger charge is -1.95. The predicted molar refractivity (Wildman–Crippen MR) is 59.3 cm³/mol. The molecule has 0 bridgehead atoms. The summed E-state index contributed by atoms with van der Waals surface area (Å²) >= 11 is 0. The fourth-order valence-electron chi connectivity index (χ4n) is 1.49. The van der Waals surface area contributed by atoms with Crippen molar-refractivity contribution in [2.75, 3.05) is 0 Å². The van der Waals surface area contributed by atoms with Crippen LogP contribution in [0.4, 0.5) is 0 Å². The van der Waals surface area contributed by atoms with Gasteiger partial charge in [0.2, 0.25) is 0 Å². The van der Waals surface area contributed by atoms with Crippen molar-refractivity contribution in [3.63, 3.8) is 0 Å². The summed E-state index contributed by atoms with van der Waals surface area (Å²) < 4.78 is 4.98. The van der Waals surface area contributed by atoms with E-state index >= 15 is 0 Å². The van der Waals surface area contributed by atoms with E-state index in [4.69, 9.17) is 9.78 Å². The van der Waals surface area contributed by atoms with E-state index in [1.54, 1.807) is 12.3 Å². The van der Waals surface area contributed by atoms with E-state index in [0.717, 1.165) is 12.8 Å². The van der Waals surface area contributed by atoms with Gasteiger partial charge in [-0.25, -0.2) is 0 Å². The van der Waals surface area contributed by atoms with E-state index in [1.165, 1.54) is 0 Å². The number of aromatic nitrogens is 3. The van der Waals surface area contributed by atoms with Crippen molar-refractivity contribution in [2.45, 2.75) is 18.9 Å². The average Bonchev–Trinajstić information content (AvgIpc) is 2.91. The number of nitrogens with zero attached hydrogens (tertiary/aromatic N) is 3. The Bertz CT molecular complexity index is 632. The average molecular weight is 243 g/mol. The number of rotatable bonds is 3. The lowest BCUT2D eigenvalue weighted by molar-refractivity contribution is 0.0937. The minimum atomic E-state index is -0.330. The number of nitriles is 1. The second-order valence-corrected chi connectivity index (χ2v) is 4.08. The summed E-state index contributed by atoms with van der Waals surface area (Å²) in [5.41, 5.74) is 0.983. The third-order valence-corrected chi connectivity index (χ3v) is 2.59. The van der Waals surface area contributed by atoms with Crippen LogP contribution < -0.4 is 5.32 Å². The summed E-state index contributed by atoms with van der Waals surface area (Å²) in [4.78, 5) is 18.4. The summed E-state index contributed by atoms with van der Waals surface area (Å²) in [6, 6.07) is 3.78. The van der Waals surface area contributed by atoms with Gasteiger partial charge in [-0.3, -0.25) is 4.79 Å². The molecule has 1 fully saturated rings. The van der Waals surface area contributed by atoms with Crippen LogP contribution in [-0.4, -0.2) is 27.1 Å². The fourth-order valence-corrected chi connectivity index (χ4v) is 1.49. The zero-order valence-electron chi connectivity index (χ0n) is 9.30. The Balaban J connectivity index is 1.80. The van der Waals surface area contributed by atoms with E-state index in [2.05, 4.69) is 20.4 Å². The van der Waals surface area contributed by atoms with Crippen LogP contribution in [0.2, 0.25) is 0 Å². The van der Waals surface area contributed by atoms with Gasteiger partial charge in [-0.1, -0.05) is 5.16 Å².